The minimum absolute atomic E-state index is 0.115. The highest BCUT2D eigenvalue weighted by Crippen LogP contribution is 2.32. The van der Waals surface area contributed by atoms with Crippen LogP contribution in [0.2, 0.25) is 0 Å². The fourth-order valence-corrected chi connectivity index (χ4v) is 5.82. The molecule has 1 aliphatic heterocycles. The summed E-state index contributed by atoms with van der Waals surface area (Å²) in [6.45, 7) is 4.92. The maximum atomic E-state index is 12.5. The van der Waals surface area contributed by atoms with Gasteiger partial charge >= 0.3 is 0 Å². The molecule has 1 aromatic rings. The SMILES string of the molecule is Cc1cc(S(=O)(=O)N2CCN(CCO)CC2)sc1Br. The molecule has 2 heterocycles. The van der Waals surface area contributed by atoms with Gasteiger partial charge in [0.15, 0.2) is 0 Å². The first-order chi connectivity index (χ1) is 8.95. The van der Waals surface area contributed by atoms with E-state index >= 15 is 0 Å². The second kappa shape index (κ2) is 6.19. The Morgan fingerprint density at radius 1 is 1.37 bits per heavy atom. The van der Waals surface area contributed by atoms with Crippen LogP contribution in [0.3, 0.4) is 0 Å². The van der Waals surface area contributed by atoms with Crippen molar-refractivity contribution in [1.82, 2.24) is 9.21 Å². The number of halogens is 1. The topological polar surface area (TPSA) is 60.9 Å². The number of aliphatic hydroxyl groups excluding tert-OH is 1. The van der Waals surface area contributed by atoms with E-state index in [0.717, 1.165) is 9.35 Å². The van der Waals surface area contributed by atoms with Gasteiger partial charge in [0.05, 0.1) is 10.4 Å². The van der Waals surface area contributed by atoms with Crippen molar-refractivity contribution >= 4 is 37.3 Å². The molecule has 1 aliphatic rings. The zero-order chi connectivity index (χ0) is 14.0. The van der Waals surface area contributed by atoms with Crippen LogP contribution in [-0.2, 0) is 10.0 Å². The monoisotopic (exact) mass is 368 g/mol. The number of hydrogen-bond acceptors (Lipinski definition) is 5. The Kier molecular flexibility index (Phi) is 5.02. The van der Waals surface area contributed by atoms with Crippen molar-refractivity contribution in [3.05, 3.63) is 15.4 Å². The number of β-amino-alcohol motifs (C(OH)–C–C–N with tert-alkyl or cyclic N) is 1. The van der Waals surface area contributed by atoms with Crippen LogP contribution in [0.5, 0.6) is 0 Å². The summed E-state index contributed by atoms with van der Waals surface area (Å²) in [5, 5.41) is 8.88. The molecule has 1 fully saturated rings. The third-order valence-electron chi connectivity index (χ3n) is 3.18. The number of thiophene rings is 1. The lowest BCUT2D eigenvalue weighted by Gasteiger charge is -2.33. The number of aryl methyl sites for hydroxylation is 1. The van der Waals surface area contributed by atoms with Crippen molar-refractivity contribution in [3.63, 3.8) is 0 Å². The molecule has 5 nitrogen and oxygen atoms in total. The molecule has 108 valence electrons. The van der Waals surface area contributed by atoms with Crippen molar-refractivity contribution < 1.29 is 13.5 Å². The third-order valence-corrected chi connectivity index (χ3v) is 7.66. The highest BCUT2D eigenvalue weighted by Gasteiger charge is 2.29. The Labute approximate surface area is 126 Å². The molecule has 8 heteroatoms. The molecule has 2 rings (SSSR count). The fraction of sp³-hybridized carbons (Fsp3) is 0.636. The van der Waals surface area contributed by atoms with E-state index in [1.807, 2.05) is 6.92 Å². The van der Waals surface area contributed by atoms with E-state index < -0.39 is 10.0 Å². The van der Waals surface area contributed by atoms with Crippen LogP contribution in [0.1, 0.15) is 5.56 Å². The average Bonchev–Trinajstić information content (AvgIpc) is 2.71. The van der Waals surface area contributed by atoms with Gasteiger partial charge < -0.3 is 5.11 Å². The van der Waals surface area contributed by atoms with E-state index in [4.69, 9.17) is 5.11 Å². The van der Waals surface area contributed by atoms with Gasteiger partial charge in [0.2, 0.25) is 0 Å². The minimum Gasteiger partial charge on any atom is -0.395 e. The molecule has 0 amide bonds. The summed E-state index contributed by atoms with van der Waals surface area (Å²) in [6, 6.07) is 1.71. The zero-order valence-corrected chi connectivity index (χ0v) is 13.9. The van der Waals surface area contributed by atoms with Gasteiger partial charge in [-0.3, -0.25) is 4.90 Å². The quantitative estimate of drug-likeness (QED) is 0.864. The van der Waals surface area contributed by atoms with Crippen LogP contribution in [0.25, 0.3) is 0 Å². The van der Waals surface area contributed by atoms with Crippen LogP contribution >= 0.6 is 27.3 Å². The maximum absolute atomic E-state index is 12.5. The van der Waals surface area contributed by atoms with E-state index in [2.05, 4.69) is 20.8 Å². The van der Waals surface area contributed by atoms with Crippen LogP contribution in [0, 0.1) is 6.92 Å². The summed E-state index contributed by atoms with van der Waals surface area (Å²) in [5.41, 5.74) is 0.947. The van der Waals surface area contributed by atoms with E-state index in [-0.39, 0.29) is 6.61 Å². The highest BCUT2D eigenvalue weighted by molar-refractivity contribution is 9.11. The van der Waals surface area contributed by atoms with Gasteiger partial charge in [-0.15, -0.1) is 11.3 Å². The Bertz CT molecular complexity index is 517. The summed E-state index contributed by atoms with van der Waals surface area (Å²) in [6.07, 6.45) is 0. The Balaban J connectivity index is 2.09. The van der Waals surface area contributed by atoms with Crippen molar-refractivity contribution in [2.45, 2.75) is 11.1 Å². The lowest BCUT2D eigenvalue weighted by atomic mass is 10.4. The number of rotatable bonds is 4. The molecule has 1 N–H and O–H groups in total. The first-order valence-electron chi connectivity index (χ1n) is 6.04. The molecule has 1 saturated heterocycles. The molecule has 0 spiro atoms. The van der Waals surface area contributed by atoms with Gasteiger partial charge in [-0.1, -0.05) is 0 Å². The highest BCUT2D eigenvalue weighted by atomic mass is 79.9. The van der Waals surface area contributed by atoms with Gasteiger partial charge in [0.25, 0.3) is 10.0 Å². The number of sulfonamides is 1. The normalized spacial score (nSPS) is 18.9. The molecule has 0 bridgehead atoms. The zero-order valence-electron chi connectivity index (χ0n) is 10.7. The molecule has 0 aromatic carbocycles. The molecule has 0 saturated carbocycles. The lowest BCUT2D eigenvalue weighted by molar-refractivity contribution is 0.151. The summed E-state index contributed by atoms with van der Waals surface area (Å²) in [7, 11) is -3.37. The van der Waals surface area contributed by atoms with Crippen molar-refractivity contribution in [3.8, 4) is 0 Å². The Morgan fingerprint density at radius 3 is 2.47 bits per heavy atom. The first kappa shape index (κ1) is 15.4. The molecule has 1 aromatic heterocycles. The fourth-order valence-electron chi connectivity index (χ4n) is 2.02. The van der Waals surface area contributed by atoms with Gasteiger partial charge in [-0.25, -0.2) is 8.42 Å². The molecule has 0 unspecified atom stereocenters. The summed E-state index contributed by atoms with van der Waals surface area (Å²) >= 11 is 4.62. The van der Waals surface area contributed by atoms with Gasteiger partial charge in [-0.2, -0.15) is 4.31 Å². The second-order valence-electron chi connectivity index (χ2n) is 4.49. The molecule has 19 heavy (non-hydrogen) atoms. The van der Waals surface area contributed by atoms with E-state index in [1.54, 1.807) is 6.07 Å². The predicted molar refractivity (Wildman–Crippen MR) is 79.0 cm³/mol. The van der Waals surface area contributed by atoms with E-state index in [9.17, 15) is 8.42 Å². The van der Waals surface area contributed by atoms with Gasteiger partial charge in [0.1, 0.15) is 4.21 Å². The van der Waals surface area contributed by atoms with E-state index in [1.165, 1.54) is 15.6 Å². The second-order valence-corrected chi connectivity index (χ2v) is 9.03. The van der Waals surface area contributed by atoms with Crippen LogP contribution in [-0.4, -0.2) is 62.1 Å². The van der Waals surface area contributed by atoms with Crippen molar-refractivity contribution in [2.24, 2.45) is 0 Å². The minimum atomic E-state index is -3.37. The predicted octanol–water partition coefficient (Wildman–Crippen LogP) is 1.12. The summed E-state index contributed by atoms with van der Waals surface area (Å²) < 4.78 is 27.7. The number of piperazine rings is 1. The number of nitrogens with zero attached hydrogens (tertiary/aromatic N) is 2. The number of aliphatic hydroxyl groups is 1. The lowest BCUT2D eigenvalue weighted by Crippen LogP contribution is -2.49. The summed E-state index contributed by atoms with van der Waals surface area (Å²) in [4.78, 5) is 2.07. The average molecular weight is 369 g/mol. The standard InChI is InChI=1S/C11H17BrN2O3S2/c1-9-8-10(18-11(9)12)19(16,17)14-4-2-13(3-5-14)6-7-15/h8,15H,2-7H2,1H3. The van der Waals surface area contributed by atoms with Gasteiger partial charge in [-0.05, 0) is 34.5 Å². The smallest absolute Gasteiger partial charge is 0.252 e. The van der Waals surface area contributed by atoms with Gasteiger partial charge in [0, 0.05) is 32.7 Å². The first-order valence-corrected chi connectivity index (χ1v) is 9.09. The van der Waals surface area contributed by atoms with Crippen LogP contribution in [0.4, 0.5) is 0 Å². The maximum Gasteiger partial charge on any atom is 0.252 e. The molecular formula is C11H17BrN2O3S2. The van der Waals surface area contributed by atoms with Crippen molar-refractivity contribution in [2.75, 3.05) is 39.3 Å². The summed E-state index contributed by atoms with van der Waals surface area (Å²) in [5.74, 6) is 0. The largest absolute Gasteiger partial charge is 0.395 e. The number of hydrogen-bond donors (Lipinski definition) is 1. The van der Waals surface area contributed by atoms with Crippen LogP contribution < -0.4 is 0 Å². The van der Waals surface area contributed by atoms with E-state index in [0.29, 0.717) is 36.9 Å². The molecular weight excluding hydrogens is 352 g/mol. The molecule has 0 atom stereocenters. The Morgan fingerprint density at radius 2 is 2.00 bits per heavy atom. The third kappa shape index (κ3) is 3.37. The Hall–Kier alpha value is 0.01000. The van der Waals surface area contributed by atoms with Crippen molar-refractivity contribution in [1.29, 1.82) is 0 Å². The molecule has 0 radical (unpaired) electrons. The molecule has 0 aliphatic carbocycles. The van der Waals surface area contributed by atoms with Crippen LogP contribution in [0.15, 0.2) is 14.1 Å².